The molecular formula is C13H9ClN2O3S. The summed E-state index contributed by atoms with van der Waals surface area (Å²) < 4.78 is 26.7. The van der Waals surface area contributed by atoms with Crippen LogP contribution in [0.25, 0.3) is 0 Å². The average Bonchev–Trinajstić information content (AvgIpc) is 2.43. The Bertz CT molecular complexity index is 798. The van der Waals surface area contributed by atoms with Gasteiger partial charge in [-0.2, -0.15) is 5.26 Å². The number of aromatic hydroxyl groups is 1. The standard InChI is InChI=1S/C13H9ClN2O3S/c14-10-5-3-6-11(13(10)17)16-20(18,19)12-7-2-1-4-9(12)8-15/h1-7,16-17H. The molecule has 0 radical (unpaired) electrons. The minimum absolute atomic E-state index is 0.0153. The van der Waals surface area contributed by atoms with E-state index >= 15 is 0 Å². The lowest BCUT2D eigenvalue weighted by Crippen LogP contribution is -2.14. The highest BCUT2D eigenvalue weighted by Crippen LogP contribution is 2.32. The van der Waals surface area contributed by atoms with Gasteiger partial charge in [-0.25, -0.2) is 8.42 Å². The lowest BCUT2D eigenvalue weighted by atomic mass is 10.2. The van der Waals surface area contributed by atoms with Crippen molar-refractivity contribution in [3.05, 3.63) is 53.1 Å². The van der Waals surface area contributed by atoms with Crippen molar-refractivity contribution >= 4 is 27.3 Å². The van der Waals surface area contributed by atoms with E-state index in [-0.39, 0.29) is 26.9 Å². The predicted octanol–water partition coefficient (Wildman–Crippen LogP) is 2.72. The van der Waals surface area contributed by atoms with Crippen LogP contribution in [0, 0.1) is 11.3 Å². The Morgan fingerprint density at radius 1 is 1.15 bits per heavy atom. The van der Waals surface area contributed by atoms with Crippen molar-refractivity contribution in [2.75, 3.05) is 4.72 Å². The number of hydrogen-bond donors (Lipinski definition) is 2. The number of para-hydroxylation sites is 1. The average molecular weight is 309 g/mol. The Labute approximate surface area is 121 Å². The van der Waals surface area contributed by atoms with Gasteiger partial charge in [0.15, 0.2) is 5.75 Å². The van der Waals surface area contributed by atoms with E-state index in [4.69, 9.17) is 16.9 Å². The molecule has 0 aromatic heterocycles. The number of halogens is 1. The van der Waals surface area contributed by atoms with Crippen molar-refractivity contribution in [2.24, 2.45) is 0 Å². The van der Waals surface area contributed by atoms with Gasteiger partial charge >= 0.3 is 0 Å². The van der Waals surface area contributed by atoms with E-state index < -0.39 is 10.0 Å². The molecular weight excluding hydrogens is 300 g/mol. The molecule has 0 aliphatic carbocycles. The fraction of sp³-hybridized carbons (Fsp3) is 0. The maximum absolute atomic E-state index is 12.2. The molecule has 0 bridgehead atoms. The number of benzene rings is 2. The third kappa shape index (κ3) is 2.69. The summed E-state index contributed by atoms with van der Waals surface area (Å²) in [5, 5.41) is 18.7. The Balaban J connectivity index is 2.47. The highest BCUT2D eigenvalue weighted by atomic mass is 35.5. The molecule has 0 aliphatic rings. The van der Waals surface area contributed by atoms with Gasteiger partial charge in [0.1, 0.15) is 11.0 Å². The highest BCUT2D eigenvalue weighted by molar-refractivity contribution is 7.92. The fourth-order valence-corrected chi connectivity index (χ4v) is 2.99. The quantitative estimate of drug-likeness (QED) is 0.853. The van der Waals surface area contributed by atoms with Crippen LogP contribution in [-0.4, -0.2) is 13.5 Å². The Morgan fingerprint density at radius 3 is 2.55 bits per heavy atom. The number of anilines is 1. The SMILES string of the molecule is N#Cc1ccccc1S(=O)(=O)Nc1cccc(Cl)c1O. The molecule has 0 saturated carbocycles. The first-order chi connectivity index (χ1) is 9.45. The van der Waals surface area contributed by atoms with Crippen LogP contribution < -0.4 is 4.72 Å². The summed E-state index contributed by atoms with van der Waals surface area (Å²) in [6, 6.07) is 11.9. The van der Waals surface area contributed by atoms with Crippen LogP contribution in [-0.2, 0) is 10.0 Å². The second kappa shape index (κ2) is 5.41. The third-order valence-corrected chi connectivity index (χ3v) is 4.26. The molecule has 0 spiro atoms. The number of nitrogens with one attached hydrogen (secondary N) is 1. The molecule has 7 heteroatoms. The molecule has 2 rings (SSSR count). The first-order valence-electron chi connectivity index (χ1n) is 5.45. The molecule has 102 valence electrons. The molecule has 0 fully saturated rings. The number of sulfonamides is 1. The Kier molecular flexibility index (Phi) is 3.84. The van der Waals surface area contributed by atoms with E-state index in [1.54, 1.807) is 12.1 Å². The predicted molar refractivity (Wildman–Crippen MR) is 75.1 cm³/mol. The zero-order valence-electron chi connectivity index (χ0n) is 10.0. The number of phenolic OH excluding ortho intramolecular Hbond substituents is 1. The number of phenols is 1. The van der Waals surface area contributed by atoms with Gasteiger partial charge in [0.25, 0.3) is 10.0 Å². The summed E-state index contributed by atoms with van der Waals surface area (Å²) >= 11 is 5.71. The van der Waals surface area contributed by atoms with Crippen LogP contribution in [0.3, 0.4) is 0 Å². The van der Waals surface area contributed by atoms with Crippen LogP contribution in [0.4, 0.5) is 5.69 Å². The van der Waals surface area contributed by atoms with Crippen LogP contribution in [0.1, 0.15) is 5.56 Å². The maximum Gasteiger partial charge on any atom is 0.263 e. The topological polar surface area (TPSA) is 90.2 Å². The van der Waals surface area contributed by atoms with Gasteiger partial charge in [-0.05, 0) is 24.3 Å². The minimum Gasteiger partial charge on any atom is -0.504 e. The summed E-state index contributed by atoms with van der Waals surface area (Å²) in [6.45, 7) is 0. The third-order valence-electron chi connectivity index (χ3n) is 2.53. The van der Waals surface area contributed by atoms with E-state index in [1.807, 2.05) is 0 Å². The van der Waals surface area contributed by atoms with Gasteiger partial charge in [0.2, 0.25) is 0 Å². The van der Waals surface area contributed by atoms with Gasteiger partial charge in [-0.3, -0.25) is 4.72 Å². The van der Waals surface area contributed by atoms with Crippen molar-refractivity contribution in [3.8, 4) is 11.8 Å². The summed E-state index contributed by atoms with van der Waals surface area (Å²) in [4.78, 5) is -0.165. The molecule has 20 heavy (non-hydrogen) atoms. The zero-order chi connectivity index (χ0) is 14.8. The monoisotopic (exact) mass is 308 g/mol. The number of rotatable bonds is 3. The molecule has 0 aliphatic heterocycles. The van der Waals surface area contributed by atoms with E-state index in [2.05, 4.69) is 4.72 Å². The van der Waals surface area contributed by atoms with E-state index in [9.17, 15) is 13.5 Å². The smallest absolute Gasteiger partial charge is 0.263 e. The summed E-state index contributed by atoms with van der Waals surface area (Å²) in [6.07, 6.45) is 0. The Morgan fingerprint density at radius 2 is 1.85 bits per heavy atom. The van der Waals surface area contributed by atoms with Crippen LogP contribution in [0.5, 0.6) is 5.75 Å². The van der Waals surface area contributed by atoms with E-state index in [1.165, 1.54) is 36.4 Å². The summed E-state index contributed by atoms with van der Waals surface area (Å²) in [5.74, 6) is -0.368. The Hall–Kier alpha value is -2.23. The van der Waals surface area contributed by atoms with E-state index in [0.717, 1.165) is 0 Å². The maximum atomic E-state index is 12.2. The molecule has 0 heterocycles. The van der Waals surface area contributed by atoms with Crippen LogP contribution in [0.15, 0.2) is 47.4 Å². The summed E-state index contributed by atoms with van der Waals surface area (Å²) in [5.41, 5.74) is -0.0354. The van der Waals surface area contributed by atoms with Crippen molar-refractivity contribution in [1.82, 2.24) is 0 Å². The van der Waals surface area contributed by atoms with Crippen molar-refractivity contribution in [2.45, 2.75) is 4.90 Å². The second-order valence-corrected chi connectivity index (χ2v) is 5.91. The van der Waals surface area contributed by atoms with Gasteiger partial charge in [0, 0.05) is 0 Å². The second-order valence-electron chi connectivity index (χ2n) is 3.85. The fourth-order valence-electron chi connectivity index (χ4n) is 1.59. The van der Waals surface area contributed by atoms with Crippen LogP contribution in [0.2, 0.25) is 5.02 Å². The molecule has 0 atom stereocenters. The minimum atomic E-state index is -3.99. The largest absolute Gasteiger partial charge is 0.504 e. The van der Waals surface area contributed by atoms with Crippen molar-refractivity contribution < 1.29 is 13.5 Å². The lowest BCUT2D eigenvalue weighted by molar-refractivity contribution is 0.478. The molecule has 0 saturated heterocycles. The molecule has 2 N–H and O–H groups in total. The van der Waals surface area contributed by atoms with Crippen LogP contribution >= 0.6 is 11.6 Å². The molecule has 5 nitrogen and oxygen atoms in total. The number of nitriles is 1. The highest BCUT2D eigenvalue weighted by Gasteiger charge is 2.20. The van der Waals surface area contributed by atoms with Crippen molar-refractivity contribution in [3.63, 3.8) is 0 Å². The zero-order valence-corrected chi connectivity index (χ0v) is 11.6. The van der Waals surface area contributed by atoms with Gasteiger partial charge in [-0.1, -0.05) is 29.8 Å². The van der Waals surface area contributed by atoms with E-state index in [0.29, 0.717) is 0 Å². The summed E-state index contributed by atoms with van der Waals surface area (Å²) in [7, 11) is -3.99. The lowest BCUT2D eigenvalue weighted by Gasteiger charge is -2.11. The normalized spacial score (nSPS) is 10.8. The first-order valence-corrected chi connectivity index (χ1v) is 7.31. The number of hydrogen-bond acceptors (Lipinski definition) is 4. The van der Waals surface area contributed by atoms with Gasteiger partial charge in [0.05, 0.1) is 16.3 Å². The van der Waals surface area contributed by atoms with Crippen molar-refractivity contribution in [1.29, 1.82) is 5.26 Å². The molecule has 0 unspecified atom stereocenters. The van der Waals surface area contributed by atoms with Gasteiger partial charge in [-0.15, -0.1) is 0 Å². The first kappa shape index (κ1) is 14.2. The molecule has 0 amide bonds. The number of nitrogens with zero attached hydrogens (tertiary/aromatic N) is 1. The molecule has 2 aromatic rings. The van der Waals surface area contributed by atoms with Gasteiger partial charge < -0.3 is 5.11 Å². The molecule has 2 aromatic carbocycles.